The Bertz CT molecular complexity index is 1240. The van der Waals surface area contributed by atoms with E-state index in [-0.39, 0.29) is 22.4 Å². The van der Waals surface area contributed by atoms with Gasteiger partial charge in [0, 0.05) is 24.9 Å². The molecule has 3 rings (SSSR count). The average molecular weight is 450 g/mol. The first-order valence-electron chi connectivity index (χ1n) is 8.85. The Kier molecular flexibility index (Phi) is 5.98. The fourth-order valence-electron chi connectivity index (χ4n) is 2.93. The molecule has 0 unspecified atom stereocenters. The first kappa shape index (κ1) is 22.2. The molecule has 2 aromatic heterocycles. The molecule has 162 valence electrons. The maximum Gasteiger partial charge on any atom is 0.416 e. The number of carbonyl (C=O) groups is 1. The minimum Gasteiger partial charge on any atom is -0.383 e. The van der Waals surface area contributed by atoms with Crippen molar-refractivity contribution in [1.29, 1.82) is 0 Å². The normalized spacial score (nSPS) is 11.9. The van der Waals surface area contributed by atoms with Gasteiger partial charge < -0.3 is 11.1 Å². The van der Waals surface area contributed by atoms with Crippen LogP contribution in [-0.4, -0.2) is 24.3 Å². The van der Waals surface area contributed by atoms with E-state index in [1.807, 2.05) is 0 Å². The molecule has 7 nitrogen and oxygen atoms in total. The van der Waals surface area contributed by atoms with Gasteiger partial charge in [0.15, 0.2) is 9.84 Å². The number of benzene rings is 1. The SMILES string of the molecule is CC(=O)Nc1cc(-c2cnc(N)c(S(=O)(=O)Cc3ccccc3C(F)(F)F)c2)ccn1. The number of amides is 1. The Morgan fingerprint density at radius 1 is 1.10 bits per heavy atom. The molecule has 0 fully saturated rings. The molecule has 3 aromatic rings. The highest BCUT2D eigenvalue weighted by Crippen LogP contribution is 2.34. The number of hydrogen-bond donors (Lipinski definition) is 2. The van der Waals surface area contributed by atoms with Gasteiger partial charge in [0.2, 0.25) is 5.91 Å². The number of nitrogen functional groups attached to an aromatic ring is 1. The lowest BCUT2D eigenvalue weighted by Gasteiger charge is -2.14. The van der Waals surface area contributed by atoms with Crippen molar-refractivity contribution in [3.63, 3.8) is 0 Å². The number of hydrogen-bond acceptors (Lipinski definition) is 6. The molecule has 0 aliphatic rings. The predicted octanol–water partition coefficient (Wildman–Crippen LogP) is 3.68. The van der Waals surface area contributed by atoms with Crippen LogP contribution in [0.4, 0.5) is 24.8 Å². The van der Waals surface area contributed by atoms with Crippen LogP contribution < -0.4 is 11.1 Å². The minimum atomic E-state index is -4.70. The highest BCUT2D eigenvalue weighted by atomic mass is 32.2. The van der Waals surface area contributed by atoms with Crippen LogP contribution in [0.2, 0.25) is 0 Å². The number of aromatic nitrogens is 2. The highest BCUT2D eigenvalue weighted by Gasteiger charge is 2.34. The number of rotatable bonds is 5. The average Bonchev–Trinajstić information content (AvgIpc) is 2.67. The van der Waals surface area contributed by atoms with Crippen LogP contribution in [0.25, 0.3) is 11.1 Å². The van der Waals surface area contributed by atoms with Crippen molar-refractivity contribution in [2.75, 3.05) is 11.1 Å². The van der Waals surface area contributed by atoms with Gasteiger partial charge in [-0.25, -0.2) is 18.4 Å². The molecule has 2 heterocycles. The number of halogens is 3. The van der Waals surface area contributed by atoms with E-state index in [0.717, 1.165) is 12.1 Å². The van der Waals surface area contributed by atoms with Crippen molar-refractivity contribution in [2.24, 2.45) is 0 Å². The fourth-order valence-corrected chi connectivity index (χ4v) is 4.42. The second-order valence-electron chi connectivity index (χ2n) is 6.63. The van der Waals surface area contributed by atoms with Gasteiger partial charge in [0.1, 0.15) is 16.5 Å². The topological polar surface area (TPSA) is 115 Å². The summed E-state index contributed by atoms with van der Waals surface area (Å²) in [6.45, 7) is 1.31. The number of sulfone groups is 1. The second kappa shape index (κ2) is 8.34. The molecule has 0 aliphatic carbocycles. The molecule has 31 heavy (non-hydrogen) atoms. The van der Waals surface area contributed by atoms with E-state index in [2.05, 4.69) is 15.3 Å². The Labute approximate surface area is 176 Å². The molecule has 0 radical (unpaired) electrons. The smallest absolute Gasteiger partial charge is 0.383 e. The Morgan fingerprint density at radius 2 is 1.81 bits per heavy atom. The molecular weight excluding hydrogens is 433 g/mol. The zero-order valence-corrected chi connectivity index (χ0v) is 17.0. The van der Waals surface area contributed by atoms with Crippen LogP contribution in [-0.2, 0) is 26.6 Å². The quantitative estimate of drug-likeness (QED) is 0.613. The number of nitrogens with one attached hydrogen (secondary N) is 1. The van der Waals surface area contributed by atoms with E-state index >= 15 is 0 Å². The summed E-state index contributed by atoms with van der Waals surface area (Å²) in [6.07, 6.45) is -1.97. The standard InChI is InChI=1S/C20H17F3N4O3S/c1-12(28)27-18-9-13(6-7-25-18)15-8-17(19(24)26-10-15)31(29,30)11-14-4-2-3-5-16(14)20(21,22)23/h2-10H,11H2,1H3,(H2,24,26)(H,25,27,28). The molecule has 0 saturated heterocycles. The van der Waals surface area contributed by atoms with Crippen LogP contribution in [0.1, 0.15) is 18.1 Å². The molecule has 3 N–H and O–H groups in total. The lowest BCUT2D eigenvalue weighted by Crippen LogP contribution is -2.14. The molecule has 0 aliphatic heterocycles. The number of alkyl halides is 3. The van der Waals surface area contributed by atoms with Crippen LogP contribution in [0.15, 0.2) is 59.8 Å². The van der Waals surface area contributed by atoms with Gasteiger partial charge in [-0.1, -0.05) is 18.2 Å². The lowest BCUT2D eigenvalue weighted by molar-refractivity contribution is -0.138. The maximum atomic E-state index is 13.3. The van der Waals surface area contributed by atoms with Gasteiger partial charge in [0.05, 0.1) is 11.3 Å². The molecule has 1 amide bonds. The largest absolute Gasteiger partial charge is 0.416 e. The van der Waals surface area contributed by atoms with Crippen molar-refractivity contribution in [3.05, 3.63) is 66.0 Å². The van der Waals surface area contributed by atoms with Crippen molar-refractivity contribution < 1.29 is 26.4 Å². The van der Waals surface area contributed by atoms with Gasteiger partial charge in [-0.05, 0) is 35.4 Å². The molecule has 0 saturated carbocycles. The van der Waals surface area contributed by atoms with Crippen LogP contribution in [0, 0.1) is 0 Å². The van der Waals surface area contributed by atoms with Crippen LogP contribution >= 0.6 is 0 Å². The minimum absolute atomic E-state index is 0.241. The summed E-state index contributed by atoms with van der Waals surface area (Å²) < 4.78 is 65.6. The molecule has 11 heteroatoms. The number of nitrogens with two attached hydrogens (primary N) is 1. The summed E-state index contributed by atoms with van der Waals surface area (Å²) in [5.74, 6) is -1.33. The second-order valence-corrected chi connectivity index (χ2v) is 8.59. The number of pyridine rings is 2. The van der Waals surface area contributed by atoms with E-state index in [4.69, 9.17) is 5.73 Å². The summed E-state index contributed by atoms with van der Waals surface area (Å²) in [5, 5.41) is 2.50. The Hall–Kier alpha value is -3.47. The first-order valence-corrected chi connectivity index (χ1v) is 10.5. The third kappa shape index (κ3) is 5.18. The summed E-state index contributed by atoms with van der Waals surface area (Å²) in [4.78, 5) is 18.7. The third-order valence-electron chi connectivity index (χ3n) is 4.28. The first-order chi connectivity index (χ1) is 14.5. The van der Waals surface area contributed by atoms with E-state index < -0.39 is 32.9 Å². The van der Waals surface area contributed by atoms with E-state index in [1.165, 1.54) is 43.6 Å². The predicted molar refractivity (Wildman–Crippen MR) is 109 cm³/mol. The van der Waals surface area contributed by atoms with Gasteiger partial charge in [-0.2, -0.15) is 13.2 Å². The van der Waals surface area contributed by atoms with Crippen molar-refractivity contribution in [1.82, 2.24) is 9.97 Å². The van der Waals surface area contributed by atoms with Crippen molar-refractivity contribution in [2.45, 2.75) is 23.7 Å². The number of carbonyl (C=O) groups excluding carboxylic acids is 1. The highest BCUT2D eigenvalue weighted by molar-refractivity contribution is 7.90. The van der Waals surface area contributed by atoms with Gasteiger partial charge >= 0.3 is 6.18 Å². The zero-order valence-electron chi connectivity index (χ0n) is 16.1. The Morgan fingerprint density at radius 3 is 2.48 bits per heavy atom. The Balaban J connectivity index is 2.02. The fraction of sp³-hybridized carbons (Fsp3) is 0.150. The summed E-state index contributed by atoms with van der Waals surface area (Å²) in [7, 11) is -4.26. The number of anilines is 2. The third-order valence-corrected chi connectivity index (χ3v) is 5.97. The maximum absolute atomic E-state index is 13.3. The van der Waals surface area contributed by atoms with E-state index in [9.17, 15) is 26.4 Å². The lowest BCUT2D eigenvalue weighted by atomic mass is 10.1. The monoisotopic (exact) mass is 450 g/mol. The van der Waals surface area contributed by atoms with Gasteiger partial charge in [-0.3, -0.25) is 4.79 Å². The van der Waals surface area contributed by atoms with Gasteiger partial charge in [0.25, 0.3) is 0 Å². The van der Waals surface area contributed by atoms with E-state index in [1.54, 1.807) is 6.07 Å². The van der Waals surface area contributed by atoms with Crippen LogP contribution in [0.3, 0.4) is 0 Å². The molecule has 0 atom stereocenters. The van der Waals surface area contributed by atoms with Crippen molar-refractivity contribution >= 4 is 27.4 Å². The molecule has 0 bridgehead atoms. The molecule has 0 spiro atoms. The summed E-state index contributed by atoms with van der Waals surface area (Å²) >= 11 is 0. The summed E-state index contributed by atoms with van der Waals surface area (Å²) in [5.41, 5.74) is 5.14. The molecule has 1 aromatic carbocycles. The molecular formula is C20H17F3N4O3S. The van der Waals surface area contributed by atoms with E-state index in [0.29, 0.717) is 11.1 Å². The number of nitrogens with zero attached hydrogens (tertiary/aromatic N) is 2. The van der Waals surface area contributed by atoms with Gasteiger partial charge in [-0.15, -0.1) is 0 Å². The van der Waals surface area contributed by atoms with Crippen LogP contribution in [0.5, 0.6) is 0 Å². The zero-order chi connectivity index (χ0) is 22.8. The van der Waals surface area contributed by atoms with Crippen molar-refractivity contribution in [3.8, 4) is 11.1 Å². The summed E-state index contributed by atoms with van der Waals surface area (Å²) in [6, 6.07) is 8.75.